The van der Waals surface area contributed by atoms with Crippen molar-refractivity contribution in [2.75, 3.05) is 0 Å². The van der Waals surface area contributed by atoms with Gasteiger partial charge in [0.05, 0.1) is 16.9 Å². The van der Waals surface area contributed by atoms with Gasteiger partial charge in [0.25, 0.3) is 5.56 Å². The quantitative estimate of drug-likeness (QED) is 0.693. The first kappa shape index (κ1) is 15.0. The molecule has 0 radical (unpaired) electrons. The van der Waals surface area contributed by atoms with Crippen LogP contribution in [0.3, 0.4) is 0 Å². The third kappa shape index (κ3) is 2.59. The SMILES string of the molecule is CC[C@H](c1ccccc1)n1c(C)nc2ccc(Br)cc2c1=O. The van der Waals surface area contributed by atoms with Crippen molar-refractivity contribution in [3.8, 4) is 0 Å². The van der Waals surface area contributed by atoms with E-state index < -0.39 is 0 Å². The number of rotatable bonds is 3. The van der Waals surface area contributed by atoms with Gasteiger partial charge in [0.15, 0.2) is 0 Å². The molecule has 0 amide bonds. The van der Waals surface area contributed by atoms with Crippen molar-refractivity contribution in [3.63, 3.8) is 0 Å². The smallest absolute Gasteiger partial charge is 0.261 e. The predicted molar refractivity (Wildman–Crippen MR) is 93.3 cm³/mol. The van der Waals surface area contributed by atoms with Crippen LogP contribution in [0.5, 0.6) is 0 Å². The molecule has 0 fully saturated rings. The molecule has 0 unspecified atom stereocenters. The number of fused-ring (bicyclic) bond motifs is 1. The Bertz CT molecular complexity index is 871. The number of benzene rings is 2. The average Bonchev–Trinajstić information content (AvgIpc) is 2.53. The Labute approximate surface area is 137 Å². The van der Waals surface area contributed by atoms with Gasteiger partial charge in [-0.1, -0.05) is 53.2 Å². The maximum Gasteiger partial charge on any atom is 0.261 e. The van der Waals surface area contributed by atoms with Gasteiger partial charge in [0, 0.05) is 4.47 Å². The molecule has 1 heterocycles. The van der Waals surface area contributed by atoms with Gasteiger partial charge in [0.1, 0.15) is 5.82 Å². The van der Waals surface area contributed by atoms with Crippen molar-refractivity contribution >= 4 is 26.8 Å². The molecule has 112 valence electrons. The molecule has 0 aliphatic rings. The molecule has 0 spiro atoms. The van der Waals surface area contributed by atoms with Gasteiger partial charge < -0.3 is 0 Å². The lowest BCUT2D eigenvalue weighted by Crippen LogP contribution is -2.28. The lowest BCUT2D eigenvalue weighted by molar-refractivity contribution is 0.529. The number of hydrogen-bond acceptors (Lipinski definition) is 2. The van der Waals surface area contributed by atoms with Crippen LogP contribution in [0.25, 0.3) is 10.9 Å². The van der Waals surface area contributed by atoms with Crippen molar-refractivity contribution in [1.29, 1.82) is 0 Å². The second-order valence-corrected chi connectivity index (χ2v) is 6.25. The highest BCUT2D eigenvalue weighted by Gasteiger charge is 2.17. The number of hydrogen-bond donors (Lipinski definition) is 0. The zero-order chi connectivity index (χ0) is 15.7. The zero-order valence-electron chi connectivity index (χ0n) is 12.6. The molecular formula is C18H17BrN2O. The molecule has 0 bridgehead atoms. The van der Waals surface area contributed by atoms with E-state index in [1.807, 2.05) is 47.9 Å². The Balaban J connectivity index is 2.28. The van der Waals surface area contributed by atoms with Crippen molar-refractivity contribution in [1.82, 2.24) is 9.55 Å². The minimum Gasteiger partial charge on any atom is -0.289 e. The van der Waals surface area contributed by atoms with Gasteiger partial charge in [-0.25, -0.2) is 4.98 Å². The van der Waals surface area contributed by atoms with Gasteiger partial charge in [-0.3, -0.25) is 9.36 Å². The van der Waals surface area contributed by atoms with E-state index in [1.165, 1.54) is 0 Å². The second-order valence-electron chi connectivity index (χ2n) is 5.33. The molecule has 1 aromatic heterocycles. The van der Waals surface area contributed by atoms with Gasteiger partial charge in [-0.05, 0) is 37.1 Å². The van der Waals surface area contributed by atoms with Crippen LogP contribution in [0.1, 0.15) is 30.8 Å². The van der Waals surface area contributed by atoms with Crippen LogP contribution in [0.4, 0.5) is 0 Å². The molecule has 0 aliphatic carbocycles. The van der Waals surface area contributed by atoms with Crippen LogP contribution in [-0.4, -0.2) is 9.55 Å². The van der Waals surface area contributed by atoms with E-state index in [0.717, 1.165) is 27.8 Å². The van der Waals surface area contributed by atoms with E-state index in [2.05, 4.69) is 40.0 Å². The molecule has 0 N–H and O–H groups in total. The van der Waals surface area contributed by atoms with Crippen LogP contribution in [0.2, 0.25) is 0 Å². The van der Waals surface area contributed by atoms with Crippen LogP contribution < -0.4 is 5.56 Å². The molecule has 0 aliphatic heterocycles. The second kappa shape index (κ2) is 6.05. The summed E-state index contributed by atoms with van der Waals surface area (Å²) in [6.45, 7) is 3.99. The van der Waals surface area contributed by atoms with Crippen LogP contribution in [0, 0.1) is 6.92 Å². The monoisotopic (exact) mass is 356 g/mol. The fourth-order valence-corrected chi connectivity index (χ4v) is 3.25. The summed E-state index contributed by atoms with van der Waals surface area (Å²) >= 11 is 3.43. The molecule has 3 nitrogen and oxygen atoms in total. The Hall–Kier alpha value is -1.94. The van der Waals surface area contributed by atoms with E-state index >= 15 is 0 Å². The predicted octanol–water partition coefficient (Wildman–Crippen LogP) is 4.47. The third-order valence-electron chi connectivity index (χ3n) is 3.92. The first-order valence-electron chi connectivity index (χ1n) is 7.35. The summed E-state index contributed by atoms with van der Waals surface area (Å²) in [6, 6.07) is 15.8. The minimum absolute atomic E-state index is 0.00424. The lowest BCUT2D eigenvalue weighted by atomic mass is 10.0. The first-order valence-corrected chi connectivity index (χ1v) is 8.14. The van der Waals surface area contributed by atoms with Gasteiger partial charge in [-0.15, -0.1) is 0 Å². The molecule has 0 saturated heterocycles. The highest BCUT2D eigenvalue weighted by Crippen LogP contribution is 2.23. The standard InChI is InChI=1S/C18H17BrN2O/c1-3-17(13-7-5-4-6-8-13)21-12(2)20-16-10-9-14(19)11-15(16)18(21)22/h4-11,17H,3H2,1-2H3/t17-/m1/s1. The maximum atomic E-state index is 13.0. The highest BCUT2D eigenvalue weighted by atomic mass is 79.9. The van der Waals surface area contributed by atoms with Crippen molar-refractivity contribution in [3.05, 3.63) is 74.7 Å². The van der Waals surface area contributed by atoms with E-state index in [9.17, 15) is 4.79 Å². The molecular weight excluding hydrogens is 340 g/mol. The Morgan fingerprint density at radius 1 is 1.18 bits per heavy atom. The Morgan fingerprint density at radius 2 is 1.91 bits per heavy atom. The van der Waals surface area contributed by atoms with E-state index in [1.54, 1.807) is 0 Å². The highest BCUT2D eigenvalue weighted by molar-refractivity contribution is 9.10. The lowest BCUT2D eigenvalue weighted by Gasteiger charge is -2.21. The number of aromatic nitrogens is 2. The normalized spacial score (nSPS) is 12.5. The van der Waals surface area contributed by atoms with Gasteiger partial charge >= 0.3 is 0 Å². The van der Waals surface area contributed by atoms with Crippen molar-refractivity contribution < 1.29 is 0 Å². The molecule has 3 aromatic rings. The molecule has 1 atom stereocenters. The number of aryl methyl sites for hydroxylation is 1. The summed E-state index contributed by atoms with van der Waals surface area (Å²) in [7, 11) is 0. The fourth-order valence-electron chi connectivity index (χ4n) is 2.89. The summed E-state index contributed by atoms with van der Waals surface area (Å²) in [6.07, 6.45) is 0.839. The zero-order valence-corrected chi connectivity index (χ0v) is 14.2. The summed E-state index contributed by atoms with van der Waals surface area (Å²) in [5.41, 5.74) is 1.88. The largest absolute Gasteiger partial charge is 0.289 e. The molecule has 2 aromatic carbocycles. The molecule has 22 heavy (non-hydrogen) atoms. The van der Waals surface area contributed by atoms with Gasteiger partial charge in [0.2, 0.25) is 0 Å². The van der Waals surface area contributed by atoms with Crippen molar-refractivity contribution in [2.24, 2.45) is 0 Å². The summed E-state index contributed by atoms with van der Waals surface area (Å²) in [4.78, 5) is 17.6. The summed E-state index contributed by atoms with van der Waals surface area (Å²) in [5.74, 6) is 0.746. The Morgan fingerprint density at radius 3 is 2.59 bits per heavy atom. The number of halogens is 1. The van der Waals surface area contributed by atoms with Gasteiger partial charge in [-0.2, -0.15) is 0 Å². The number of nitrogens with zero attached hydrogens (tertiary/aromatic N) is 2. The van der Waals surface area contributed by atoms with E-state index in [0.29, 0.717) is 5.39 Å². The van der Waals surface area contributed by atoms with E-state index in [-0.39, 0.29) is 11.6 Å². The average molecular weight is 357 g/mol. The van der Waals surface area contributed by atoms with Crippen molar-refractivity contribution in [2.45, 2.75) is 26.3 Å². The fraction of sp³-hybridized carbons (Fsp3) is 0.222. The summed E-state index contributed by atoms with van der Waals surface area (Å²) in [5, 5.41) is 0.648. The maximum absolute atomic E-state index is 13.0. The van der Waals surface area contributed by atoms with E-state index in [4.69, 9.17) is 0 Å². The summed E-state index contributed by atoms with van der Waals surface area (Å²) < 4.78 is 2.70. The van der Waals surface area contributed by atoms with Crippen LogP contribution in [-0.2, 0) is 0 Å². The Kier molecular flexibility index (Phi) is 4.12. The first-order chi connectivity index (χ1) is 10.6. The third-order valence-corrected chi connectivity index (χ3v) is 4.41. The molecule has 4 heteroatoms. The van der Waals surface area contributed by atoms with Crippen LogP contribution in [0.15, 0.2) is 57.8 Å². The minimum atomic E-state index is 0.00424. The topological polar surface area (TPSA) is 34.9 Å². The molecule has 3 rings (SSSR count). The van der Waals surface area contributed by atoms with Crippen LogP contribution >= 0.6 is 15.9 Å². The molecule has 0 saturated carbocycles.